The monoisotopic (exact) mass is 132 g/mol. The normalized spacial score (nSPS) is 31.5. The summed E-state index contributed by atoms with van der Waals surface area (Å²) in [6.45, 7) is 4.51. The maximum absolute atomic E-state index is 3.33. The van der Waals surface area contributed by atoms with Gasteiger partial charge in [0.25, 0.3) is 0 Å². The molecule has 3 heteroatoms. The van der Waals surface area contributed by atoms with Gasteiger partial charge in [0.1, 0.15) is 0 Å². The molecule has 0 amide bonds. The molecular formula is C5H12N2S. The summed E-state index contributed by atoms with van der Waals surface area (Å²) in [7, 11) is 0. The zero-order valence-electron chi connectivity index (χ0n) is 5.35. The summed E-state index contributed by atoms with van der Waals surface area (Å²) in [4.78, 5) is 0. The van der Waals surface area contributed by atoms with Crippen molar-refractivity contribution in [2.45, 2.75) is 13.1 Å². The Morgan fingerprint density at radius 2 is 2.50 bits per heavy atom. The number of nitrogens with one attached hydrogen (secondary N) is 1. The van der Waals surface area contributed by atoms with Crippen LogP contribution in [0.1, 0.15) is 6.92 Å². The molecule has 0 aliphatic carbocycles. The molecule has 8 heavy (non-hydrogen) atoms. The van der Waals surface area contributed by atoms with Crippen molar-refractivity contribution in [3.05, 3.63) is 0 Å². The van der Waals surface area contributed by atoms with Gasteiger partial charge in [-0.1, -0.05) is 11.9 Å². The fraction of sp³-hybridized carbons (Fsp3) is 1.00. The van der Waals surface area contributed by atoms with Gasteiger partial charge in [0.15, 0.2) is 0 Å². The van der Waals surface area contributed by atoms with Crippen molar-refractivity contribution in [1.29, 1.82) is 0 Å². The Balaban J connectivity index is 2.30. The van der Waals surface area contributed by atoms with Gasteiger partial charge in [-0.15, -0.1) is 0 Å². The molecule has 1 saturated heterocycles. The molecule has 1 aliphatic heterocycles. The topological polar surface area (TPSA) is 15.3 Å². The van der Waals surface area contributed by atoms with Crippen LogP contribution in [0.4, 0.5) is 0 Å². The highest BCUT2D eigenvalue weighted by molar-refractivity contribution is 7.96. The zero-order chi connectivity index (χ0) is 5.98. The summed E-state index contributed by atoms with van der Waals surface area (Å²) in [5, 5.41) is 3.33. The van der Waals surface area contributed by atoms with Gasteiger partial charge in [-0.2, -0.15) is 0 Å². The summed E-state index contributed by atoms with van der Waals surface area (Å²) in [5.41, 5.74) is 0. The molecule has 48 valence electrons. The van der Waals surface area contributed by atoms with E-state index in [4.69, 9.17) is 0 Å². The molecule has 0 aromatic carbocycles. The first-order valence-corrected chi connectivity index (χ1v) is 4.07. The van der Waals surface area contributed by atoms with E-state index in [0.29, 0.717) is 6.17 Å². The molecule has 0 radical (unpaired) electrons. The van der Waals surface area contributed by atoms with E-state index in [2.05, 4.69) is 22.8 Å². The Morgan fingerprint density at radius 3 is 2.75 bits per heavy atom. The molecule has 1 aliphatic rings. The predicted molar refractivity (Wildman–Crippen MR) is 37.7 cm³/mol. The fourth-order valence-electron chi connectivity index (χ4n) is 0.928. The third-order valence-electron chi connectivity index (χ3n) is 1.44. The van der Waals surface area contributed by atoms with E-state index in [1.165, 1.54) is 6.54 Å². The molecule has 0 saturated carbocycles. The van der Waals surface area contributed by atoms with Crippen LogP contribution in [0, 0.1) is 0 Å². The van der Waals surface area contributed by atoms with Gasteiger partial charge in [0.2, 0.25) is 0 Å². The van der Waals surface area contributed by atoms with Gasteiger partial charge in [-0.05, 0) is 13.2 Å². The van der Waals surface area contributed by atoms with Crippen molar-refractivity contribution in [3.63, 3.8) is 0 Å². The highest BCUT2D eigenvalue weighted by atomic mass is 32.2. The Bertz CT molecular complexity index is 76.8. The lowest BCUT2D eigenvalue weighted by Gasteiger charge is -2.15. The van der Waals surface area contributed by atoms with Crippen LogP contribution in [0.15, 0.2) is 0 Å². The molecule has 0 spiro atoms. The number of rotatable bonds is 1. The highest BCUT2D eigenvalue weighted by Crippen LogP contribution is 2.11. The second-order valence-corrected chi connectivity index (χ2v) is 2.79. The number of hydrogen-bond acceptors (Lipinski definition) is 3. The molecule has 0 bridgehead atoms. The third-order valence-corrected chi connectivity index (χ3v) is 2.41. The standard InChI is InChI=1S/C5H12N2S/c1-5-6-3-4-7(5)8-2/h5-6H,3-4H2,1-2H3. The molecule has 0 aromatic heterocycles. The van der Waals surface area contributed by atoms with Crippen molar-refractivity contribution in [3.8, 4) is 0 Å². The first-order chi connectivity index (χ1) is 3.84. The summed E-state index contributed by atoms with van der Waals surface area (Å²) >= 11 is 1.81. The van der Waals surface area contributed by atoms with E-state index in [1.54, 1.807) is 0 Å². The average Bonchev–Trinajstić information content (AvgIpc) is 2.14. The van der Waals surface area contributed by atoms with Gasteiger partial charge in [0.05, 0.1) is 6.17 Å². The van der Waals surface area contributed by atoms with E-state index in [9.17, 15) is 0 Å². The van der Waals surface area contributed by atoms with E-state index in [0.717, 1.165) is 6.54 Å². The highest BCUT2D eigenvalue weighted by Gasteiger charge is 2.17. The molecule has 1 unspecified atom stereocenters. The summed E-state index contributed by atoms with van der Waals surface area (Å²) < 4.78 is 2.33. The summed E-state index contributed by atoms with van der Waals surface area (Å²) in [6, 6.07) is 0. The molecule has 2 nitrogen and oxygen atoms in total. The Kier molecular flexibility index (Phi) is 2.16. The Morgan fingerprint density at radius 1 is 1.75 bits per heavy atom. The van der Waals surface area contributed by atoms with Crippen molar-refractivity contribution < 1.29 is 0 Å². The molecule has 1 rings (SSSR count). The minimum Gasteiger partial charge on any atom is -0.300 e. The lowest BCUT2D eigenvalue weighted by molar-refractivity contribution is 0.442. The molecule has 1 heterocycles. The zero-order valence-corrected chi connectivity index (χ0v) is 6.16. The lowest BCUT2D eigenvalue weighted by atomic mass is 10.6. The molecule has 1 atom stereocenters. The van der Waals surface area contributed by atoms with Crippen LogP contribution in [0.5, 0.6) is 0 Å². The summed E-state index contributed by atoms with van der Waals surface area (Å²) in [5.74, 6) is 0. The molecular weight excluding hydrogens is 120 g/mol. The van der Waals surface area contributed by atoms with Crippen LogP contribution >= 0.6 is 11.9 Å². The molecule has 1 N–H and O–H groups in total. The lowest BCUT2D eigenvalue weighted by Crippen LogP contribution is -2.26. The van der Waals surface area contributed by atoms with Crippen LogP contribution in [0.3, 0.4) is 0 Å². The number of nitrogens with zero attached hydrogens (tertiary/aromatic N) is 1. The van der Waals surface area contributed by atoms with Crippen LogP contribution in [0.25, 0.3) is 0 Å². The Hall–Kier alpha value is 0.270. The van der Waals surface area contributed by atoms with E-state index >= 15 is 0 Å². The van der Waals surface area contributed by atoms with Crippen LogP contribution in [0.2, 0.25) is 0 Å². The fourth-order valence-corrected chi connectivity index (χ4v) is 1.59. The second kappa shape index (κ2) is 2.71. The first-order valence-electron chi connectivity index (χ1n) is 2.88. The van der Waals surface area contributed by atoms with Gasteiger partial charge in [-0.25, -0.2) is 4.31 Å². The van der Waals surface area contributed by atoms with Gasteiger partial charge < -0.3 is 0 Å². The van der Waals surface area contributed by atoms with Gasteiger partial charge >= 0.3 is 0 Å². The quantitative estimate of drug-likeness (QED) is 0.523. The van der Waals surface area contributed by atoms with Crippen LogP contribution < -0.4 is 5.32 Å². The molecule has 0 aromatic rings. The van der Waals surface area contributed by atoms with E-state index < -0.39 is 0 Å². The van der Waals surface area contributed by atoms with E-state index in [1.807, 2.05) is 11.9 Å². The van der Waals surface area contributed by atoms with Crippen molar-refractivity contribution in [1.82, 2.24) is 9.62 Å². The van der Waals surface area contributed by atoms with E-state index in [-0.39, 0.29) is 0 Å². The minimum absolute atomic E-state index is 0.574. The SMILES string of the molecule is CSN1CCNC1C. The predicted octanol–water partition coefficient (Wildman–Crippen LogP) is 0.516. The largest absolute Gasteiger partial charge is 0.300 e. The second-order valence-electron chi connectivity index (χ2n) is 1.95. The van der Waals surface area contributed by atoms with Crippen LogP contribution in [-0.2, 0) is 0 Å². The minimum atomic E-state index is 0.574. The van der Waals surface area contributed by atoms with Gasteiger partial charge in [-0.3, -0.25) is 5.32 Å². The first kappa shape index (κ1) is 6.39. The third kappa shape index (κ3) is 1.16. The maximum atomic E-state index is 3.33. The molecule has 1 fully saturated rings. The van der Waals surface area contributed by atoms with Crippen molar-refractivity contribution in [2.75, 3.05) is 19.3 Å². The van der Waals surface area contributed by atoms with Gasteiger partial charge in [0, 0.05) is 13.1 Å². The Labute approximate surface area is 54.8 Å². The number of hydrogen-bond donors (Lipinski definition) is 1. The smallest absolute Gasteiger partial charge is 0.0668 e. The summed E-state index contributed by atoms with van der Waals surface area (Å²) in [6.07, 6.45) is 2.69. The van der Waals surface area contributed by atoms with Crippen LogP contribution in [-0.4, -0.2) is 29.8 Å². The maximum Gasteiger partial charge on any atom is 0.0668 e. The average molecular weight is 132 g/mol. The van der Waals surface area contributed by atoms with Crippen molar-refractivity contribution >= 4 is 11.9 Å². The van der Waals surface area contributed by atoms with Crippen molar-refractivity contribution in [2.24, 2.45) is 0 Å².